The first-order valence-corrected chi connectivity index (χ1v) is 8.69. The molecule has 0 bridgehead atoms. The lowest BCUT2D eigenvalue weighted by atomic mass is 9.55. The number of phenols is 1. The molecular formula is C19H26N2O. The predicted octanol–water partition coefficient (Wildman–Crippen LogP) is 3.82. The third-order valence-corrected chi connectivity index (χ3v) is 6.70. The Labute approximate surface area is 132 Å². The zero-order chi connectivity index (χ0) is 15.3. The largest absolute Gasteiger partial charge is 0.508 e. The Hall–Kier alpha value is -1.51. The van der Waals surface area contributed by atoms with E-state index in [1.165, 1.54) is 42.5 Å². The van der Waals surface area contributed by atoms with Crippen LogP contribution in [0.5, 0.6) is 5.75 Å². The highest BCUT2D eigenvalue weighted by atomic mass is 16.3. The highest BCUT2D eigenvalue weighted by Crippen LogP contribution is 2.59. The normalized spacial score (nSPS) is 38.3. The molecule has 0 heterocycles. The number of phenolic OH excluding ortho intramolecular Hbond substituents is 1. The second kappa shape index (κ2) is 5.00. The molecule has 0 aromatic heterocycles. The summed E-state index contributed by atoms with van der Waals surface area (Å²) in [5.41, 5.74) is 7.62. The number of fused-ring (bicyclic) bond motifs is 5. The number of hydrazone groups is 1. The van der Waals surface area contributed by atoms with Crippen LogP contribution in [0, 0.1) is 17.3 Å². The van der Waals surface area contributed by atoms with E-state index in [0.29, 0.717) is 17.1 Å². The van der Waals surface area contributed by atoms with Crippen molar-refractivity contribution in [1.82, 2.24) is 5.43 Å². The fourth-order valence-corrected chi connectivity index (χ4v) is 5.68. The SMILES string of the molecule is CN/N=C1/CCC2C3CCc4cc(O)ccc4C3CC[C@]12C. The summed E-state index contributed by atoms with van der Waals surface area (Å²) in [7, 11) is 1.92. The number of nitrogens with zero attached hydrogens (tertiary/aromatic N) is 1. The summed E-state index contributed by atoms with van der Waals surface area (Å²) in [6.07, 6.45) is 7.36. The van der Waals surface area contributed by atoms with Crippen LogP contribution in [-0.4, -0.2) is 17.9 Å². The third-order valence-electron chi connectivity index (χ3n) is 6.70. The van der Waals surface area contributed by atoms with E-state index in [-0.39, 0.29) is 0 Å². The summed E-state index contributed by atoms with van der Waals surface area (Å²) in [6, 6.07) is 6.04. The van der Waals surface area contributed by atoms with E-state index in [2.05, 4.69) is 23.5 Å². The first-order chi connectivity index (χ1) is 10.6. The minimum atomic E-state index is 0.304. The fourth-order valence-electron chi connectivity index (χ4n) is 5.68. The lowest BCUT2D eigenvalue weighted by molar-refractivity contribution is 0.0954. The number of hydrogen-bond donors (Lipinski definition) is 2. The molecule has 1 aromatic rings. The van der Waals surface area contributed by atoms with Gasteiger partial charge < -0.3 is 10.5 Å². The highest BCUT2D eigenvalue weighted by molar-refractivity contribution is 5.92. The van der Waals surface area contributed by atoms with Crippen LogP contribution in [0.3, 0.4) is 0 Å². The van der Waals surface area contributed by atoms with Crippen molar-refractivity contribution in [2.45, 2.75) is 51.4 Å². The van der Waals surface area contributed by atoms with E-state index in [1.807, 2.05) is 19.2 Å². The monoisotopic (exact) mass is 298 g/mol. The molecule has 3 aliphatic rings. The summed E-state index contributed by atoms with van der Waals surface area (Å²) < 4.78 is 0. The molecule has 2 saturated carbocycles. The van der Waals surface area contributed by atoms with Gasteiger partial charge in [0.25, 0.3) is 0 Å². The molecule has 4 rings (SSSR count). The van der Waals surface area contributed by atoms with Gasteiger partial charge in [-0.25, -0.2) is 0 Å². The summed E-state index contributed by atoms with van der Waals surface area (Å²) >= 11 is 0. The maximum absolute atomic E-state index is 9.75. The lowest BCUT2D eigenvalue weighted by Gasteiger charge is -2.49. The molecule has 2 fully saturated rings. The van der Waals surface area contributed by atoms with Crippen LogP contribution in [0.25, 0.3) is 0 Å². The lowest BCUT2D eigenvalue weighted by Crippen LogP contribution is -2.42. The minimum absolute atomic E-state index is 0.304. The summed E-state index contributed by atoms with van der Waals surface area (Å²) in [4.78, 5) is 0. The molecule has 1 aromatic carbocycles. The van der Waals surface area contributed by atoms with Gasteiger partial charge in [0.15, 0.2) is 0 Å². The Morgan fingerprint density at radius 3 is 2.91 bits per heavy atom. The number of aryl methyl sites for hydroxylation is 1. The van der Waals surface area contributed by atoms with Crippen LogP contribution in [-0.2, 0) is 6.42 Å². The Balaban J connectivity index is 1.69. The number of benzene rings is 1. The van der Waals surface area contributed by atoms with Crippen molar-refractivity contribution in [2.24, 2.45) is 22.4 Å². The molecule has 0 amide bonds. The maximum atomic E-state index is 9.75. The smallest absolute Gasteiger partial charge is 0.115 e. The van der Waals surface area contributed by atoms with Gasteiger partial charge in [0, 0.05) is 18.2 Å². The second-order valence-electron chi connectivity index (χ2n) is 7.58. The predicted molar refractivity (Wildman–Crippen MR) is 89.2 cm³/mol. The number of hydrogen-bond acceptors (Lipinski definition) is 3. The van der Waals surface area contributed by atoms with Crippen LogP contribution >= 0.6 is 0 Å². The highest BCUT2D eigenvalue weighted by Gasteiger charge is 2.53. The molecule has 0 aliphatic heterocycles. The van der Waals surface area contributed by atoms with Gasteiger partial charge in [0.2, 0.25) is 0 Å². The van der Waals surface area contributed by atoms with Crippen LogP contribution < -0.4 is 5.43 Å². The first-order valence-electron chi connectivity index (χ1n) is 8.69. The van der Waals surface area contributed by atoms with Gasteiger partial charge in [-0.1, -0.05) is 13.0 Å². The van der Waals surface area contributed by atoms with E-state index in [1.54, 1.807) is 0 Å². The quantitative estimate of drug-likeness (QED) is 0.774. The Morgan fingerprint density at radius 1 is 1.23 bits per heavy atom. The summed E-state index contributed by atoms with van der Waals surface area (Å²) in [6.45, 7) is 2.45. The summed E-state index contributed by atoms with van der Waals surface area (Å²) in [5.74, 6) is 2.68. The van der Waals surface area contributed by atoms with Crippen molar-refractivity contribution in [3.63, 3.8) is 0 Å². The Bertz CT molecular complexity index is 624. The molecule has 22 heavy (non-hydrogen) atoms. The van der Waals surface area contributed by atoms with Crippen molar-refractivity contribution in [3.05, 3.63) is 29.3 Å². The molecule has 3 unspecified atom stereocenters. The van der Waals surface area contributed by atoms with E-state index in [4.69, 9.17) is 0 Å². The van der Waals surface area contributed by atoms with Crippen molar-refractivity contribution < 1.29 is 5.11 Å². The van der Waals surface area contributed by atoms with Crippen LogP contribution in [0.2, 0.25) is 0 Å². The van der Waals surface area contributed by atoms with Gasteiger partial charge in [-0.05, 0) is 79.5 Å². The van der Waals surface area contributed by atoms with Gasteiger partial charge in [0.1, 0.15) is 5.75 Å². The molecule has 3 nitrogen and oxygen atoms in total. The molecular weight excluding hydrogens is 272 g/mol. The van der Waals surface area contributed by atoms with Crippen molar-refractivity contribution >= 4 is 5.71 Å². The van der Waals surface area contributed by atoms with E-state index in [0.717, 1.165) is 24.7 Å². The Kier molecular flexibility index (Phi) is 3.21. The van der Waals surface area contributed by atoms with Gasteiger partial charge in [0.05, 0.1) is 0 Å². The van der Waals surface area contributed by atoms with Crippen LogP contribution in [0.15, 0.2) is 23.3 Å². The van der Waals surface area contributed by atoms with Crippen LogP contribution in [0.4, 0.5) is 0 Å². The molecule has 3 heteroatoms. The molecule has 4 atom stereocenters. The average molecular weight is 298 g/mol. The molecule has 3 aliphatic carbocycles. The standard InChI is InChI=1S/C19H26N2O/c1-19-10-9-15-14-6-4-13(22)11-12(14)3-5-16(15)17(19)7-8-18(19)21-20-2/h4,6,11,15-17,20,22H,3,5,7-10H2,1-2H3/b21-18-/t15?,16?,17?,19-/m0/s1. The summed E-state index contributed by atoms with van der Waals surface area (Å²) in [5, 5.41) is 14.4. The molecule has 2 N–H and O–H groups in total. The van der Waals surface area contributed by atoms with Gasteiger partial charge >= 0.3 is 0 Å². The number of nitrogens with one attached hydrogen (secondary N) is 1. The zero-order valence-corrected chi connectivity index (χ0v) is 13.6. The zero-order valence-electron chi connectivity index (χ0n) is 13.6. The van der Waals surface area contributed by atoms with E-state index >= 15 is 0 Å². The van der Waals surface area contributed by atoms with Gasteiger partial charge in [-0.3, -0.25) is 0 Å². The number of aromatic hydroxyl groups is 1. The molecule has 0 radical (unpaired) electrons. The maximum Gasteiger partial charge on any atom is 0.115 e. The minimum Gasteiger partial charge on any atom is -0.508 e. The first kappa shape index (κ1) is 14.1. The van der Waals surface area contributed by atoms with E-state index in [9.17, 15) is 5.11 Å². The Morgan fingerprint density at radius 2 is 2.09 bits per heavy atom. The third kappa shape index (κ3) is 1.90. The van der Waals surface area contributed by atoms with Crippen LogP contribution in [0.1, 0.15) is 56.1 Å². The van der Waals surface area contributed by atoms with E-state index < -0.39 is 0 Å². The molecule has 118 valence electrons. The van der Waals surface area contributed by atoms with Gasteiger partial charge in [-0.15, -0.1) is 0 Å². The second-order valence-corrected chi connectivity index (χ2v) is 7.58. The topological polar surface area (TPSA) is 44.6 Å². The van der Waals surface area contributed by atoms with Crippen molar-refractivity contribution in [1.29, 1.82) is 0 Å². The fraction of sp³-hybridized carbons (Fsp3) is 0.632. The number of rotatable bonds is 1. The average Bonchev–Trinajstić information content (AvgIpc) is 2.84. The molecule has 0 saturated heterocycles. The van der Waals surface area contributed by atoms with Gasteiger partial charge in [-0.2, -0.15) is 5.10 Å². The van der Waals surface area contributed by atoms with Crippen molar-refractivity contribution in [3.8, 4) is 5.75 Å². The van der Waals surface area contributed by atoms with Crippen molar-refractivity contribution in [2.75, 3.05) is 7.05 Å². The molecule has 0 spiro atoms.